The van der Waals surface area contributed by atoms with Gasteiger partial charge in [0.15, 0.2) is 0 Å². The minimum Gasteiger partial charge on any atom is -0.321 e. The molecule has 3 aromatic carbocycles. The quantitative estimate of drug-likeness (QED) is 0.386. The van der Waals surface area contributed by atoms with E-state index >= 15 is 0 Å². The molecule has 0 bridgehead atoms. The number of rotatable bonds is 4. The number of hydrogen-bond donors (Lipinski definition) is 1. The first-order chi connectivity index (χ1) is 16.2. The number of H-pyrrole nitrogens is 1. The summed E-state index contributed by atoms with van der Waals surface area (Å²) in [4.78, 5) is 16.3. The van der Waals surface area contributed by atoms with Crippen LogP contribution in [-0.2, 0) is 10.0 Å². The van der Waals surface area contributed by atoms with Crippen LogP contribution in [0.1, 0.15) is 23.6 Å². The maximum absolute atomic E-state index is 13.4. The fourth-order valence-corrected chi connectivity index (χ4v) is 5.70. The normalized spacial score (nSPS) is 16.1. The molecular formula is C25H19Cl2N3O3S. The number of pyridine rings is 1. The van der Waals surface area contributed by atoms with Crippen molar-refractivity contribution in [3.63, 3.8) is 0 Å². The van der Waals surface area contributed by atoms with E-state index in [1.807, 2.05) is 30.3 Å². The number of nitrogens with one attached hydrogen (secondary N) is 1. The molecule has 1 aliphatic heterocycles. The molecular weight excluding hydrogens is 493 g/mol. The molecule has 6 nitrogen and oxygen atoms in total. The average Bonchev–Trinajstić information content (AvgIpc) is 3.25. The van der Waals surface area contributed by atoms with Crippen molar-refractivity contribution >= 4 is 49.8 Å². The Morgan fingerprint density at radius 1 is 0.971 bits per heavy atom. The highest BCUT2D eigenvalue weighted by atomic mass is 35.5. The van der Waals surface area contributed by atoms with Crippen molar-refractivity contribution in [2.24, 2.45) is 5.10 Å². The van der Waals surface area contributed by atoms with Gasteiger partial charge in [-0.05, 0) is 35.4 Å². The van der Waals surface area contributed by atoms with E-state index in [9.17, 15) is 13.2 Å². The molecule has 1 aromatic heterocycles. The van der Waals surface area contributed by atoms with Crippen molar-refractivity contribution in [3.05, 3.63) is 104 Å². The first-order valence-electron chi connectivity index (χ1n) is 10.5. The lowest BCUT2D eigenvalue weighted by Gasteiger charge is -2.22. The summed E-state index contributed by atoms with van der Waals surface area (Å²) in [7, 11) is -3.74. The molecule has 0 spiro atoms. The van der Waals surface area contributed by atoms with Gasteiger partial charge in [-0.1, -0.05) is 71.7 Å². The van der Waals surface area contributed by atoms with Crippen LogP contribution in [0.4, 0.5) is 0 Å². The number of sulfonamides is 1. The third-order valence-corrected chi connectivity index (χ3v) is 7.40. The summed E-state index contributed by atoms with van der Waals surface area (Å²) >= 11 is 12.7. The van der Waals surface area contributed by atoms with E-state index in [0.29, 0.717) is 38.0 Å². The van der Waals surface area contributed by atoms with Crippen LogP contribution in [0.2, 0.25) is 10.0 Å². The maximum atomic E-state index is 13.4. The highest BCUT2D eigenvalue weighted by Gasteiger charge is 2.37. The van der Waals surface area contributed by atoms with Crippen LogP contribution in [0.5, 0.6) is 0 Å². The van der Waals surface area contributed by atoms with E-state index < -0.39 is 16.1 Å². The maximum Gasteiger partial charge on any atom is 0.258 e. The summed E-state index contributed by atoms with van der Waals surface area (Å²) in [5, 5.41) is 6.14. The highest BCUT2D eigenvalue weighted by Crippen LogP contribution is 2.40. The second kappa shape index (κ2) is 8.58. The predicted octanol–water partition coefficient (Wildman–Crippen LogP) is 5.61. The van der Waals surface area contributed by atoms with Gasteiger partial charge in [-0.3, -0.25) is 4.79 Å². The van der Waals surface area contributed by atoms with Gasteiger partial charge in [-0.25, -0.2) is 8.42 Å². The molecule has 5 rings (SSSR count). The molecule has 0 unspecified atom stereocenters. The molecule has 0 radical (unpaired) electrons. The molecule has 2 heterocycles. The van der Waals surface area contributed by atoms with E-state index in [-0.39, 0.29) is 12.0 Å². The number of aromatic amines is 1. The van der Waals surface area contributed by atoms with Crippen LogP contribution < -0.4 is 5.56 Å². The smallest absolute Gasteiger partial charge is 0.258 e. The number of benzene rings is 3. The Kier molecular flexibility index (Phi) is 5.72. The van der Waals surface area contributed by atoms with Crippen molar-refractivity contribution < 1.29 is 8.42 Å². The van der Waals surface area contributed by atoms with Gasteiger partial charge in [0.2, 0.25) is 10.0 Å². The number of aromatic nitrogens is 1. The first kappa shape index (κ1) is 22.7. The van der Waals surface area contributed by atoms with Gasteiger partial charge in [0.1, 0.15) is 0 Å². The summed E-state index contributed by atoms with van der Waals surface area (Å²) in [6.45, 7) is 0. The predicted molar refractivity (Wildman–Crippen MR) is 137 cm³/mol. The lowest BCUT2D eigenvalue weighted by atomic mass is 9.91. The van der Waals surface area contributed by atoms with E-state index in [2.05, 4.69) is 10.1 Å². The topological polar surface area (TPSA) is 82.6 Å². The summed E-state index contributed by atoms with van der Waals surface area (Å²) in [5.41, 5.74) is 3.00. The van der Waals surface area contributed by atoms with E-state index in [1.165, 1.54) is 0 Å². The Labute approximate surface area is 206 Å². The van der Waals surface area contributed by atoms with Gasteiger partial charge in [0.25, 0.3) is 5.56 Å². The van der Waals surface area contributed by atoms with Gasteiger partial charge in [0, 0.05) is 32.9 Å². The van der Waals surface area contributed by atoms with Gasteiger partial charge >= 0.3 is 0 Å². The van der Waals surface area contributed by atoms with Crippen LogP contribution >= 0.6 is 23.2 Å². The van der Waals surface area contributed by atoms with E-state index in [4.69, 9.17) is 23.2 Å². The Hall–Kier alpha value is -3.13. The largest absolute Gasteiger partial charge is 0.321 e. The Morgan fingerprint density at radius 2 is 1.68 bits per heavy atom. The minimum atomic E-state index is -3.74. The number of fused-ring (bicyclic) bond motifs is 1. The van der Waals surface area contributed by atoms with Crippen molar-refractivity contribution in [2.45, 2.75) is 12.5 Å². The SMILES string of the molecule is CS(=O)(=O)N1N=C(c2c(-c3ccccc3)c3cc(Cl)ccc3[nH]c2=O)C[C@@H]1c1ccccc1Cl. The van der Waals surface area contributed by atoms with Crippen LogP contribution in [0, 0.1) is 0 Å². The fraction of sp³-hybridized carbons (Fsp3) is 0.120. The summed E-state index contributed by atoms with van der Waals surface area (Å²) in [5.74, 6) is 0. The molecule has 172 valence electrons. The molecule has 0 saturated heterocycles. The van der Waals surface area contributed by atoms with Crippen LogP contribution in [0.15, 0.2) is 82.7 Å². The zero-order chi connectivity index (χ0) is 24.0. The summed E-state index contributed by atoms with van der Waals surface area (Å²) < 4.78 is 26.4. The molecule has 0 fully saturated rings. The molecule has 0 aliphatic carbocycles. The monoisotopic (exact) mass is 511 g/mol. The molecule has 34 heavy (non-hydrogen) atoms. The molecule has 1 atom stereocenters. The fourth-order valence-electron chi connectivity index (χ4n) is 4.37. The highest BCUT2D eigenvalue weighted by molar-refractivity contribution is 7.88. The number of halogens is 2. The van der Waals surface area contributed by atoms with Crippen LogP contribution in [0.25, 0.3) is 22.0 Å². The Bertz CT molecular complexity index is 1620. The second-order valence-corrected chi connectivity index (χ2v) is 10.8. The second-order valence-electron chi connectivity index (χ2n) is 8.08. The van der Waals surface area contributed by atoms with Crippen molar-refractivity contribution in [3.8, 4) is 11.1 Å². The Balaban J connectivity index is 1.79. The molecule has 9 heteroatoms. The standard InChI is InChI=1S/C25H19Cl2N3O3S/c1-34(32,33)30-22(17-9-5-6-10-19(17)27)14-21(29-30)24-23(15-7-3-2-4-8-15)18-13-16(26)11-12-20(18)28-25(24)31/h2-13,22H,14H2,1H3,(H,28,31)/t22-/m1/s1. The number of hydrazone groups is 1. The van der Waals surface area contributed by atoms with Gasteiger partial charge < -0.3 is 4.98 Å². The molecule has 0 saturated carbocycles. The molecule has 1 N–H and O–H groups in total. The average molecular weight is 512 g/mol. The third kappa shape index (κ3) is 4.00. The third-order valence-electron chi connectivity index (χ3n) is 5.80. The molecule has 0 amide bonds. The lowest BCUT2D eigenvalue weighted by Crippen LogP contribution is -2.26. The molecule has 1 aliphatic rings. The summed E-state index contributed by atoms with van der Waals surface area (Å²) in [6, 6.07) is 21.1. The summed E-state index contributed by atoms with van der Waals surface area (Å²) in [6.07, 6.45) is 1.28. The molecule has 4 aromatic rings. The zero-order valence-electron chi connectivity index (χ0n) is 18.0. The Morgan fingerprint density at radius 3 is 2.38 bits per heavy atom. The number of hydrogen-bond acceptors (Lipinski definition) is 4. The van der Waals surface area contributed by atoms with Crippen molar-refractivity contribution in [1.82, 2.24) is 9.40 Å². The zero-order valence-corrected chi connectivity index (χ0v) is 20.3. The first-order valence-corrected chi connectivity index (χ1v) is 13.1. The van der Waals surface area contributed by atoms with Crippen molar-refractivity contribution in [1.29, 1.82) is 0 Å². The van der Waals surface area contributed by atoms with Crippen LogP contribution in [-0.4, -0.2) is 29.8 Å². The minimum absolute atomic E-state index is 0.186. The van der Waals surface area contributed by atoms with E-state index in [0.717, 1.165) is 21.6 Å². The van der Waals surface area contributed by atoms with Crippen LogP contribution in [0.3, 0.4) is 0 Å². The van der Waals surface area contributed by atoms with Gasteiger partial charge in [-0.2, -0.15) is 9.52 Å². The van der Waals surface area contributed by atoms with Gasteiger partial charge in [-0.15, -0.1) is 0 Å². The number of nitrogens with zero attached hydrogens (tertiary/aromatic N) is 2. The van der Waals surface area contributed by atoms with Crippen molar-refractivity contribution in [2.75, 3.05) is 6.26 Å². The lowest BCUT2D eigenvalue weighted by molar-refractivity contribution is 0.375. The van der Waals surface area contributed by atoms with Gasteiger partial charge in [0.05, 0.1) is 23.6 Å². The van der Waals surface area contributed by atoms with E-state index in [1.54, 1.807) is 42.5 Å².